The van der Waals surface area contributed by atoms with Crippen molar-refractivity contribution < 1.29 is 4.79 Å². The Hall–Kier alpha value is -1.96. The molecule has 25 heavy (non-hydrogen) atoms. The number of hydrogen-bond acceptors (Lipinski definition) is 5. The number of piperazine rings is 1. The van der Waals surface area contributed by atoms with Gasteiger partial charge in [0.2, 0.25) is 5.91 Å². The molecule has 1 saturated carbocycles. The lowest BCUT2D eigenvalue weighted by molar-refractivity contribution is -0.118. The van der Waals surface area contributed by atoms with E-state index in [2.05, 4.69) is 20.3 Å². The molecule has 0 radical (unpaired) electrons. The second-order valence-corrected chi connectivity index (χ2v) is 7.68. The molecule has 2 N–H and O–H groups in total. The van der Waals surface area contributed by atoms with Crippen LogP contribution < -0.4 is 10.2 Å². The van der Waals surface area contributed by atoms with Crippen LogP contribution in [0.3, 0.4) is 0 Å². The minimum atomic E-state index is 0.0495. The lowest BCUT2D eigenvalue weighted by Gasteiger charge is -2.24. The largest absolute Gasteiger partial charge is 0.346 e. The molecule has 0 unspecified atom stereocenters. The van der Waals surface area contributed by atoms with Crippen molar-refractivity contribution in [2.45, 2.75) is 18.8 Å². The number of fused-ring (bicyclic) bond motifs is 1. The van der Waals surface area contributed by atoms with Gasteiger partial charge in [-0.1, -0.05) is 11.6 Å². The van der Waals surface area contributed by atoms with Crippen molar-refractivity contribution in [1.29, 1.82) is 0 Å². The Kier molecular flexibility index (Phi) is 3.55. The number of carbonyl (C=O) groups is 1. The highest BCUT2D eigenvalue weighted by Gasteiger charge is 2.29. The lowest BCUT2D eigenvalue weighted by Crippen LogP contribution is -2.48. The van der Waals surface area contributed by atoms with Gasteiger partial charge < -0.3 is 10.3 Å². The van der Waals surface area contributed by atoms with Crippen molar-refractivity contribution >= 4 is 45.0 Å². The predicted molar refractivity (Wildman–Crippen MR) is 99.4 cm³/mol. The fourth-order valence-corrected chi connectivity index (χ4v) is 4.51. The third kappa shape index (κ3) is 2.54. The fraction of sp³-hybridized carbons (Fsp3) is 0.353. The maximum Gasteiger partial charge on any atom is 0.242 e. The molecule has 1 saturated heterocycles. The summed E-state index contributed by atoms with van der Waals surface area (Å²) in [5, 5.41) is 7.44. The van der Waals surface area contributed by atoms with Gasteiger partial charge in [-0.3, -0.25) is 9.69 Å². The van der Waals surface area contributed by atoms with Gasteiger partial charge in [0.25, 0.3) is 0 Å². The second-order valence-electron chi connectivity index (χ2n) is 6.47. The molecule has 6 nitrogen and oxygen atoms in total. The molecule has 0 bridgehead atoms. The average molecular weight is 374 g/mol. The number of carbonyl (C=O) groups excluding carboxylic acids is 1. The number of nitrogens with one attached hydrogen (secondary N) is 2. The van der Waals surface area contributed by atoms with Crippen molar-refractivity contribution in [2.24, 2.45) is 0 Å². The van der Waals surface area contributed by atoms with E-state index in [0.717, 1.165) is 28.8 Å². The van der Waals surface area contributed by atoms with E-state index >= 15 is 0 Å². The smallest absolute Gasteiger partial charge is 0.242 e. The van der Waals surface area contributed by atoms with Crippen molar-refractivity contribution in [3.05, 3.63) is 28.4 Å². The molecule has 2 aliphatic rings. The van der Waals surface area contributed by atoms with E-state index in [1.165, 1.54) is 29.7 Å². The minimum absolute atomic E-state index is 0.0495. The lowest BCUT2D eigenvalue weighted by atomic mass is 10.1. The third-order valence-electron chi connectivity index (χ3n) is 4.77. The molecular formula is C17H16ClN5OS. The van der Waals surface area contributed by atoms with E-state index in [9.17, 15) is 4.79 Å². The maximum atomic E-state index is 12.1. The summed E-state index contributed by atoms with van der Waals surface area (Å²) < 4.78 is 0. The molecular weight excluding hydrogens is 358 g/mol. The van der Waals surface area contributed by atoms with Crippen molar-refractivity contribution in [1.82, 2.24) is 20.3 Å². The van der Waals surface area contributed by atoms with Crippen molar-refractivity contribution in [3.63, 3.8) is 0 Å². The molecule has 128 valence electrons. The van der Waals surface area contributed by atoms with Crippen molar-refractivity contribution in [2.75, 3.05) is 24.5 Å². The first-order chi connectivity index (χ1) is 12.2. The second kappa shape index (κ2) is 5.79. The Morgan fingerprint density at radius 3 is 3.04 bits per heavy atom. The van der Waals surface area contributed by atoms with Crippen LogP contribution in [0, 0.1) is 0 Å². The number of amides is 1. The van der Waals surface area contributed by atoms with Crippen LogP contribution in [0.25, 0.3) is 22.3 Å². The van der Waals surface area contributed by atoms with Gasteiger partial charge in [0.15, 0.2) is 5.13 Å². The van der Waals surface area contributed by atoms with Crippen molar-refractivity contribution in [3.8, 4) is 11.3 Å². The van der Waals surface area contributed by atoms with Crippen LogP contribution in [0.2, 0.25) is 5.02 Å². The molecule has 2 fully saturated rings. The number of anilines is 1. The molecule has 1 amide bonds. The van der Waals surface area contributed by atoms with Crippen LogP contribution in [0.5, 0.6) is 0 Å². The molecule has 1 aliphatic heterocycles. The molecule has 3 aromatic heterocycles. The van der Waals surface area contributed by atoms with Gasteiger partial charge >= 0.3 is 0 Å². The van der Waals surface area contributed by atoms with E-state index in [4.69, 9.17) is 11.6 Å². The minimum Gasteiger partial charge on any atom is -0.346 e. The number of hydrogen-bond donors (Lipinski definition) is 2. The van der Waals surface area contributed by atoms with Crippen LogP contribution in [0.15, 0.2) is 17.8 Å². The zero-order valence-corrected chi connectivity index (χ0v) is 15.0. The number of nitrogens with zero attached hydrogens (tertiary/aromatic N) is 3. The number of H-pyrrole nitrogens is 1. The Morgan fingerprint density at radius 2 is 2.24 bits per heavy atom. The van der Waals surface area contributed by atoms with Gasteiger partial charge in [-0.2, -0.15) is 0 Å². The zero-order valence-electron chi connectivity index (χ0n) is 13.4. The van der Waals surface area contributed by atoms with E-state index in [0.29, 0.717) is 29.2 Å². The third-order valence-corrected chi connectivity index (χ3v) is 6.03. The number of aromatic amines is 1. The van der Waals surface area contributed by atoms with Gasteiger partial charge in [0.05, 0.1) is 17.3 Å². The Bertz CT molecular complexity index is 977. The average Bonchev–Trinajstić information content (AvgIpc) is 3.18. The highest BCUT2D eigenvalue weighted by molar-refractivity contribution is 7.14. The summed E-state index contributed by atoms with van der Waals surface area (Å²) in [5.74, 6) is 0.640. The number of pyridine rings is 1. The van der Waals surface area contributed by atoms with E-state index in [-0.39, 0.29) is 5.91 Å². The molecule has 0 aromatic carbocycles. The standard InChI is InChI=1S/C17H16ClN5OS/c18-15-11(6-21-16-14(15)10(5-20-16)9-1-2-9)12-8-25-17(22-12)23-4-3-19-7-13(23)24/h5-6,8-9,19H,1-4,7H2,(H,20,21). The quantitative estimate of drug-likeness (QED) is 0.739. The molecule has 8 heteroatoms. The highest BCUT2D eigenvalue weighted by Crippen LogP contribution is 2.46. The first-order valence-electron chi connectivity index (χ1n) is 8.35. The molecule has 4 heterocycles. The monoisotopic (exact) mass is 373 g/mol. The van der Waals surface area contributed by atoms with E-state index in [1.54, 1.807) is 11.1 Å². The molecule has 0 spiro atoms. The first kappa shape index (κ1) is 15.3. The van der Waals surface area contributed by atoms with Gasteiger partial charge in [-0.25, -0.2) is 9.97 Å². The van der Waals surface area contributed by atoms with Crippen LogP contribution in [0.1, 0.15) is 24.3 Å². The van der Waals surface area contributed by atoms with Gasteiger partial charge in [-0.05, 0) is 24.3 Å². The molecule has 0 atom stereocenters. The number of halogens is 1. The summed E-state index contributed by atoms with van der Waals surface area (Å²) in [5.41, 5.74) is 3.67. The van der Waals surface area contributed by atoms with Crippen LogP contribution in [0.4, 0.5) is 5.13 Å². The SMILES string of the molecule is O=C1CNCCN1c1nc(-c2cnc3[nH]cc(C4CC4)c3c2Cl)cs1. The van der Waals surface area contributed by atoms with Gasteiger partial charge in [0.1, 0.15) is 5.65 Å². The molecule has 5 rings (SSSR count). The summed E-state index contributed by atoms with van der Waals surface area (Å²) >= 11 is 8.20. The fourth-order valence-electron chi connectivity index (χ4n) is 3.30. The number of rotatable bonds is 3. The summed E-state index contributed by atoms with van der Waals surface area (Å²) in [6.07, 6.45) is 6.20. The zero-order chi connectivity index (χ0) is 17.0. The normalized spacial score (nSPS) is 18.3. The van der Waals surface area contributed by atoms with Crippen LogP contribution in [-0.4, -0.2) is 40.5 Å². The number of aromatic nitrogens is 3. The summed E-state index contributed by atoms with van der Waals surface area (Å²) in [6, 6.07) is 0. The summed E-state index contributed by atoms with van der Waals surface area (Å²) in [7, 11) is 0. The predicted octanol–water partition coefficient (Wildman–Crippen LogP) is 3.15. The summed E-state index contributed by atoms with van der Waals surface area (Å²) in [4.78, 5) is 26.2. The molecule has 1 aliphatic carbocycles. The van der Waals surface area contributed by atoms with E-state index < -0.39 is 0 Å². The highest BCUT2D eigenvalue weighted by atomic mass is 35.5. The van der Waals surface area contributed by atoms with E-state index in [1.807, 2.05) is 11.6 Å². The van der Waals surface area contributed by atoms with Gasteiger partial charge in [-0.15, -0.1) is 11.3 Å². The Balaban J connectivity index is 1.56. The first-order valence-corrected chi connectivity index (χ1v) is 9.60. The topological polar surface area (TPSA) is 73.9 Å². The summed E-state index contributed by atoms with van der Waals surface area (Å²) in [6.45, 7) is 1.78. The van der Waals surface area contributed by atoms with Gasteiger partial charge in [0, 0.05) is 41.8 Å². The Labute approximate surface area is 153 Å². The van der Waals surface area contributed by atoms with Crippen LogP contribution >= 0.6 is 22.9 Å². The molecule has 3 aromatic rings. The maximum absolute atomic E-state index is 12.1. The Morgan fingerprint density at radius 1 is 1.36 bits per heavy atom. The number of thiazole rings is 1. The van der Waals surface area contributed by atoms with Crippen LogP contribution in [-0.2, 0) is 4.79 Å².